The minimum Gasteiger partial charge on any atom is -0.376 e. The fraction of sp³-hybridized carbons (Fsp3) is 0.600. The van der Waals surface area contributed by atoms with Gasteiger partial charge in [-0.25, -0.2) is 9.97 Å². The van der Waals surface area contributed by atoms with Gasteiger partial charge in [0.1, 0.15) is 11.6 Å². The van der Waals surface area contributed by atoms with Crippen LogP contribution in [0.15, 0.2) is 43.0 Å². The third-order valence-electron chi connectivity index (χ3n) is 7.81. The van der Waals surface area contributed by atoms with Gasteiger partial charge in [0, 0.05) is 38.4 Å². The van der Waals surface area contributed by atoms with Crippen LogP contribution in [-0.4, -0.2) is 56.5 Å². The van der Waals surface area contributed by atoms with Crippen molar-refractivity contribution in [3.63, 3.8) is 0 Å². The van der Waals surface area contributed by atoms with Crippen molar-refractivity contribution in [2.24, 2.45) is 5.92 Å². The Bertz CT molecular complexity index is 1030. The Balaban J connectivity index is 1.39. The van der Waals surface area contributed by atoms with Crippen LogP contribution in [0.3, 0.4) is 0 Å². The third-order valence-corrected chi connectivity index (χ3v) is 7.81. The molecule has 0 bridgehead atoms. The Morgan fingerprint density at radius 1 is 1.00 bits per heavy atom. The smallest absolute Gasteiger partial charge is 0.123 e. The molecule has 0 amide bonds. The van der Waals surface area contributed by atoms with E-state index in [4.69, 9.17) is 4.74 Å². The topological polar surface area (TPSA) is 73.1 Å². The number of H-pyrrole nitrogens is 2. The van der Waals surface area contributed by atoms with Gasteiger partial charge >= 0.3 is 0 Å². The van der Waals surface area contributed by atoms with Crippen molar-refractivity contribution in [1.82, 2.24) is 29.7 Å². The van der Waals surface area contributed by atoms with Crippen molar-refractivity contribution >= 4 is 0 Å². The van der Waals surface area contributed by atoms with Gasteiger partial charge in [-0.3, -0.25) is 4.90 Å². The average Bonchev–Trinajstić information content (AvgIpc) is 3.67. The molecule has 0 spiro atoms. The van der Waals surface area contributed by atoms with Gasteiger partial charge in [0.25, 0.3) is 0 Å². The van der Waals surface area contributed by atoms with Gasteiger partial charge in [-0.1, -0.05) is 38.5 Å². The van der Waals surface area contributed by atoms with Gasteiger partial charge in [0.05, 0.1) is 18.7 Å². The van der Waals surface area contributed by atoms with E-state index in [1.165, 1.54) is 68.4 Å². The second-order valence-electron chi connectivity index (χ2n) is 10.6. The first kappa shape index (κ1) is 27.6. The highest BCUT2D eigenvalue weighted by atomic mass is 16.5. The summed E-state index contributed by atoms with van der Waals surface area (Å²) < 4.78 is 6.04. The Morgan fingerprint density at radius 2 is 1.78 bits per heavy atom. The zero-order valence-electron chi connectivity index (χ0n) is 23.2. The summed E-state index contributed by atoms with van der Waals surface area (Å²) in [6, 6.07) is 7.15. The number of aromatic amines is 2. The molecule has 1 aliphatic rings. The molecule has 7 heteroatoms. The van der Waals surface area contributed by atoms with Crippen molar-refractivity contribution in [2.75, 3.05) is 26.7 Å². The number of ether oxygens (including phenoxy) is 1. The van der Waals surface area contributed by atoms with Crippen molar-refractivity contribution in [3.05, 3.63) is 71.3 Å². The fourth-order valence-corrected chi connectivity index (χ4v) is 5.96. The first-order valence-electron chi connectivity index (χ1n) is 14.2. The SMILES string of the molecule is CCCN(CCC)CCCCC1Cc2cc(CN(Cc3ncc[nH]3)C(C)c3ncc[nH]3)ccc2C1OC. The maximum Gasteiger partial charge on any atom is 0.123 e. The van der Waals surface area contributed by atoms with Gasteiger partial charge < -0.3 is 19.6 Å². The Labute approximate surface area is 223 Å². The molecule has 3 unspecified atom stereocenters. The third kappa shape index (κ3) is 7.30. The molecule has 7 nitrogen and oxygen atoms in total. The zero-order chi connectivity index (χ0) is 26.0. The van der Waals surface area contributed by atoms with Crippen LogP contribution in [0.25, 0.3) is 0 Å². The summed E-state index contributed by atoms with van der Waals surface area (Å²) in [5, 5.41) is 0. The number of methoxy groups -OCH3 is 1. The van der Waals surface area contributed by atoms with Crippen LogP contribution in [0.4, 0.5) is 0 Å². The second-order valence-corrected chi connectivity index (χ2v) is 10.6. The molecule has 0 aliphatic heterocycles. The van der Waals surface area contributed by atoms with Crippen molar-refractivity contribution in [1.29, 1.82) is 0 Å². The molecular weight excluding hydrogens is 460 g/mol. The molecule has 0 saturated carbocycles. The normalized spacial score (nSPS) is 18.1. The highest BCUT2D eigenvalue weighted by Gasteiger charge is 2.32. The predicted molar refractivity (Wildman–Crippen MR) is 149 cm³/mol. The molecule has 2 N–H and O–H groups in total. The number of rotatable bonds is 16. The van der Waals surface area contributed by atoms with Crippen LogP contribution in [0.2, 0.25) is 0 Å². The standard InChI is InChI=1S/C30H46N6O/c1-5-16-35(17-6-2)18-8-7-9-25-20-26-19-24(10-11-27(26)29(25)37-4)21-36(22-28-31-12-13-32-28)23(3)30-33-14-15-34-30/h10-15,19,23,25,29H,5-9,16-18,20-22H2,1-4H3,(H,31,32)(H,33,34). The molecule has 37 heavy (non-hydrogen) atoms. The van der Waals surface area contributed by atoms with Crippen molar-refractivity contribution in [3.8, 4) is 0 Å². The molecule has 0 saturated heterocycles. The predicted octanol–water partition coefficient (Wildman–Crippen LogP) is 6.05. The van der Waals surface area contributed by atoms with Gasteiger partial charge in [-0.2, -0.15) is 0 Å². The number of nitrogens with zero attached hydrogens (tertiary/aromatic N) is 4. The average molecular weight is 507 g/mol. The maximum atomic E-state index is 6.04. The van der Waals surface area contributed by atoms with Gasteiger partial charge in [0.15, 0.2) is 0 Å². The number of hydrogen-bond acceptors (Lipinski definition) is 5. The van der Waals surface area contributed by atoms with Crippen LogP contribution in [-0.2, 0) is 24.2 Å². The zero-order valence-corrected chi connectivity index (χ0v) is 23.2. The van der Waals surface area contributed by atoms with E-state index in [1.807, 2.05) is 31.9 Å². The molecule has 2 heterocycles. The van der Waals surface area contributed by atoms with Crippen LogP contribution >= 0.6 is 0 Å². The molecular formula is C30H46N6O. The summed E-state index contributed by atoms with van der Waals surface area (Å²) in [5.41, 5.74) is 4.16. The molecule has 1 aliphatic carbocycles. The van der Waals surface area contributed by atoms with E-state index in [1.54, 1.807) is 0 Å². The van der Waals surface area contributed by atoms with E-state index >= 15 is 0 Å². The van der Waals surface area contributed by atoms with Crippen molar-refractivity contribution in [2.45, 2.75) is 84.5 Å². The number of benzene rings is 1. The molecule has 4 rings (SSSR count). The van der Waals surface area contributed by atoms with E-state index in [-0.39, 0.29) is 12.1 Å². The Hall–Kier alpha value is -2.48. The largest absolute Gasteiger partial charge is 0.376 e. The fourth-order valence-electron chi connectivity index (χ4n) is 5.96. The molecule has 3 aromatic rings. The van der Waals surface area contributed by atoms with E-state index < -0.39 is 0 Å². The van der Waals surface area contributed by atoms with Crippen LogP contribution in [0.1, 0.15) is 93.4 Å². The van der Waals surface area contributed by atoms with E-state index in [0.29, 0.717) is 5.92 Å². The summed E-state index contributed by atoms with van der Waals surface area (Å²) in [4.78, 5) is 20.6. The number of unbranched alkanes of at least 4 members (excludes halogenated alkanes) is 1. The summed E-state index contributed by atoms with van der Waals surface area (Å²) >= 11 is 0. The molecule has 0 fully saturated rings. The summed E-state index contributed by atoms with van der Waals surface area (Å²) in [6.45, 7) is 12.0. The molecule has 1 aromatic carbocycles. The molecule has 202 valence electrons. The number of imidazole rings is 2. The van der Waals surface area contributed by atoms with E-state index in [2.05, 4.69) is 68.7 Å². The number of hydrogen-bond donors (Lipinski definition) is 2. The number of aromatic nitrogens is 4. The molecule has 0 radical (unpaired) electrons. The lowest BCUT2D eigenvalue weighted by Crippen LogP contribution is -2.27. The maximum absolute atomic E-state index is 6.04. The molecule has 2 aromatic heterocycles. The van der Waals surface area contributed by atoms with Crippen molar-refractivity contribution < 1.29 is 4.74 Å². The van der Waals surface area contributed by atoms with E-state index in [9.17, 15) is 0 Å². The van der Waals surface area contributed by atoms with Gasteiger partial charge in [-0.05, 0) is 81.3 Å². The highest BCUT2D eigenvalue weighted by molar-refractivity contribution is 5.38. The van der Waals surface area contributed by atoms with Crippen LogP contribution in [0, 0.1) is 5.92 Å². The van der Waals surface area contributed by atoms with Crippen LogP contribution in [0.5, 0.6) is 0 Å². The molecule has 3 atom stereocenters. The van der Waals surface area contributed by atoms with Crippen LogP contribution < -0.4 is 0 Å². The Kier molecular flexibility index (Phi) is 10.3. The number of nitrogens with one attached hydrogen (secondary N) is 2. The second kappa shape index (κ2) is 13.9. The number of fused-ring (bicyclic) bond motifs is 1. The summed E-state index contributed by atoms with van der Waals surface area (Å²) in [7, 11) is 1.88. The lowest BCUT2D eigenvalue weighted by Gasteiger charge is -2.27. The lowest BCUT2D eigenvalue weighted by atomic mass is 9.96. The minimum atomic E-state index is 0.146. The van der Waals surface area contributed by atoms with Gasteiger partial charge in [-0.15, -0.1) is 0 Å². The summed E-state index contributed by atoms with van der Waals surface area (Å²) in [6.07, 6.45) is 15.0. The highest BCUT2D eigenvalue weighted by Crippen LogP contribution is 2.41. The van der Waals surface area contributed by atoms with Gasteiger partial charge in [0.2, 0.25) is 0 Å². The monoisotopic (exact) mass is 506 g/mol. The first-order valence-corrected chi connectivity index (χ1v) is 14.2. The summed E-state index contributed by atoms with van der Waals surface area (Å²) in [5.74, 6) is 2.52. The quantitative estimate of drug-likeness (QED) is 0.231. The lowest BCUT2D eigenvalue weighted by molar-refractivity contribution is 0.0579. The Morgan fingerprint density at radius 3 is 2.46 bits per heavy atom. The van der Waals surface area contributed by atoms with E-state index in [0.717, 1.165) is 31.2 Å². The minimum absolute atomic E-state index is 0.146. The first-order chi connectivity index (χ1) is 18.1.